The van der Waals surface area contributed by atoms with Crippen molar-refractivity contribution < 1.29 is 14.6 Å². The van der Waals surface area contributed by atoms with E-state index in [0.29, 0.717) is 17.5 Å². The lowest BCUT2D eigenvalue weighted by Crippen LogP contribution is -2.67. The molecule has 194 valence electrons. The van der Waals surface area contributed by atoms with E-state index in [1.807, 2.05) is 24.3 Å². The molecular weight excluding hydrogens is 450 g/mol. The average molecular weight is 492 g/mol. The van der Waals surface area contributed by atoms with Crippen molar-refractivity contribution in [1.29, 1.82) is 0 Å². The summed E-state index contributed by atoms with van der Waals surface area (Å²) in [6.07, 6.45) is 4.80. The SMILES string of the molecule is CN(C)C(=O)c1ccc(-c2ccc([C@@H]3[C@H](CO)N4CCCCN(CC5CCOCC5)C[C@@H]34)cc2)cc1. The molecule has 3 aliphatic heterocycles. The monoisotopic (exact) mass is 491 g/mol. The second-order valence-corrected chi connectivity index (χ2v) is 11.0. The van der Waals surface area contributed by atoms with Crippen LogP contribution < -0.4 is 0 Å². The lowest BCUT2D eigenvalue weighted by molar-refractivity contribution is -0.0677. The molecule has 0 saturated carbocycles. The molecule has 6 nitrogen and oxygen atoms in total. The number of aliphatic hydroxyl groups is 1. The normalized spacial score (nSPS) is 25.9. The van der Waals surface area contributed by atoms with Gasteiger partial charge in [-0.15, -0.1) is 0 Å². The summed E-state index contributed by atoms with van der Waals surface area (Å²) in [5.41, 5.74) is 4.29. The van der Waals surface area contributed by atoms with Crippen molar-refractivity contribution in [3.63, 3.8) is 0 Å². The lowest BCUT2D eigenvalue weighted by Gasteiger charge is -2.57. The Kier molecular flexibility index (Phi) is 8.06. The summed E-state index contributed by atoms with van der Waals surface area (Å²) in [7, 11) is 3.55. The Balaban J connectivity index is 1.30. The molecule has 0 bridgehead atoms. The number of nitrogens with zero attached hydrogens (tertiary/aromatic N) is 3. The third kappa shape index (κ3) is 5.37. The number of rotatable bonds is 6. The minimum absolute atomic E-state index is 0.0199. The van der Waals surface area contributed by atoms with Crippen LogP contribution in [0.2, 0.25) is 0 Å². The van der Waals surface area contributed by atoms with Gasteiger partial charge in [0.05, 0.1) is 6.61 Å². The Bertz CT molecular complexity index is 1000. The Morgan fingerprint density at radius 3 is 2.25 bits per heavy atom. The van der Waals surface area contributed by atoms with E-state index in [1.54, 1.807) is 19.0 Å². The first kappa shape index (κ1) is 25.4. The van der Waals surface area contributed by atoms with E-state index >= 15 is 0 Å². The minimum atomic E-state index is 0.0199. The minimum Gasteiger partial charge on any atom is -0.395 e. The topological polar surface area (TPSA) is 56.3 Å². The highest BCUT2D eigenvalue weighted by atomic mass is 16.5. The molecule has 3 heterocycles. The molecule has 6 heteroatoms. The van der Waals surface area contributed by atoms with Crippen molar-refractivity contribution in [2.45, 2.75) is 43.7 Å². The number of carbonyl (C=O) groups excluding carboxylic acids is 1. The zero-order valence-corrected chi connectivity index (χ0v) is 21.8. The number of amides is 1. The number of hydrogen-bond donors (Lipinski definition) is 1. The highest BCUT2D eigenvalue weighted by Gasteiger charge is 2.49. The van der Waals surface area contributed by atoms with Gasteiger partial charge in [-0.3, -0.25) is 9.69 Å². The van der Waals surface area contributed by atoms with Crippen LogP contribution in [0, 0.1) is 5.92 Å². The first-order valence-electron chi connectivity index (χ1n) is 13.6. The Morgan fingerprint density at radius 2 is 1.61 bits per heavy atom. The molecule has 36 heavy (non-hydrogen) atoms. The molecule has 3 atom stereocenters. The maximum absolute atomic E-state index is 12.2. The van der Waals surface area contributed by atoms with E-state index in [2.05, 4.69) is 34.1 Å². The van der Waals surface area contributed by atoms with Gasteiger partial charge in [-0.05, 0) is 73.5 Å². The second-order valence-electron chi connectivity index (χ2n) is 11.0. The molecule has 1 amide bonds. The quantitative estimate of drug-likeness (QED) is 0.668. The Hall–Kier alpha value is -2.25. The highest BCUT2D eigenvalue weighted by molar-refractivity contribution is 5.94. The number of aliphatic hydroxyl groups excluding tert-OH is 1. The summed E-state index contributed by atoms with van der Waals surface area (Å²) in [5, 5.41) is 10.3. The molecule has 0 radical (unpaired) electrons. The van der Waals surface area contributed by atoms with Crippen LogP contribution in [-0.2, 0) is 4.74 Å². The van der Waals surface area contributed by atoms with Crippen LogP contribution in [0.4, 0.5) is 0 Å². The summed E-state index contributed by atoms with van der Waals surface area (Å²) in [4.78, 5) is 19.1. The van der Waals surface area contributed by atoms with Gasteiger partial charge < -0.3 is 19.6 Å². The fourth-order valence-corrected chi connectivity index (χ4v) is 6.43. The number of benzene rings is 2. The second kappa shape index (κ2) is 11.4. The van der Waals surface area contributed by atoms with Gasteiger partial charge in [0.2, 0.25) is 0 Å². The molecule has 3 saturated heterocycles. The molecule has 0 spiro atoms. The first-order valence-corrected chi connectivity index (χ1v) is 13.6. The van der Waals surface area contributed by atoms with Crippen LogP contribution in [0.25, 0.3) is 11.1 Å². The maximum Gasteiger partial charge on any atom is 0.253 e. The fraction of sp³-hybridized carbons (Fsp3) is 0.567. The number of hydrogen-bond acceptors (Lipinski definition) is 5. The van der Waals surface area contributed by atoms with Gasteiger partial charge >= 0.3 is 0 Å². The highest BCUT2D eigenvalue weighted by Crippen LogP contribution is 2.42. The predicted octanol–water partition coefficient (Wildman–Crippen LogP) is 3.71. The fourth-order valence-electron chi connectivity index (χ4n) is 6.43. The summed E-state index contributed by atoms with van der Waals surface area (Å²) >= 11 is 0. The van der Waals surface area contributed by atoms with Gasteiger partial charge in [0, 0.05) is 64.0 Å². The van der Waals surface area contributed by atoms with Crippen LogP contribution in [0.3, 0.4) is 0 Å². The van der Waals surface area contributed by atoms with Gasteiger partial charge in [-0.1, -0.05) is 36.4 Å². The summed E-state index contributed by atoms with van der Waals surface area (Å²) in [6.45, 7) is 6.56. The van der Waals surface area contributed by atoms with E-state index in [9.17, 15) is 9.90 Å². The van der Waals surface area contributed by atoms with Crippen molar-refractivity contribution in [1.82, 2.24) is 14.7 Å². The molecule has 0 aliphatic carbocycles. The third-order valence-corrected chi connectivity index (χ3v) is 8.48. The number of ether oxygens (including phenoxy) is 1. The molecule has 3 fully saturated rings. The summed E-state index contributed by atoms with van der Waals surface area (Å²) < 4.78 is 5.58. The van der Waals surface area contributed by atoms with Crippen molar-refractivity contribution in [2.24, 2.45) is 5.92 Å². The zero-order chi connectivity index (χ0) is 25.1. The third-order valence-electron chi connectivity index (χ3n) is 8.48. The molecule has 5 rings (SSSR count). The largest absolute Gasteiger partial charge is 0.395 e. The molecule has 0 aromatic heterocycles. The van der Waals surface area contributed by atoms with Crippen molar-refractivity contribution in [3.8, 4) is 11.1 Å². The van der Waals surface area contributed by atoms with Crippen molar-refractivity contribution in [3.05, 3.63) is 59.7 Å². The van der Waals surface area contributed by atoms with E-state index in [1.165, 1.54) is 44.3 Å². The lowest BCUT2D eigenvalue weighted by atomic mass is 9.74. The molecule has 3 aliphatic rings. The average Bonchev–Trinajstić information content (AvgIpc) is 2.89. The van der Waals surface area contributed by atoms with Crippen LogP contribution in [0.1, 0.15) is 47.5 Å². The maximum atomic E-state index is 12.2. The molecular formula is C30H41N3O3. The van der Waals surface area contributed by atoms with E-state index in [0.717, 1.165) is 43.3 Å². The Morgan fingerprint density at radius 1 is 0.972 bits per heavy atom. The zero-order valence-electron chi connectivity index (χ0n) is 21.8. The summed E-state index contributed by atoms with van der Waals surface area (Å²) in [6, 6.07) is 17.4. The van der Waals surface area contributed by atoms with Crippen molar-refractivity contribution >= 4 is 5.91 Å². The first-order chi connectivity index (χ1) is 17.5. The number of fused-ring (bicyclic) bond motifs is 1. The van der Waals surface area contributed by atoms with E-state index < -0.39 is 0 Å². The van der Waals surface area contributed by atoms with E-state index in [4.69, 9.17) is 4.74 Å². The molecule has 0 unspecified atom stereocenters. The summed E-state index contributed by atoms with van der Waals surface area (Å²) in [5.74, 6) is 1.13. The van der Waals surface area contributed by atoms with E-state index in [-0.39, 0.29) is 18.6 Å². The molecule has 1 N–H and O–H groups in total. The smallest absolute Gasteiger partial charge is 0.253 e. The standard InChI is InChI=1S/C30H41N3O3/c1-31(2)30(35)26-11-7-24(8-12-26)23-5-9-25(10-6-23)29-27-20-32(19-22-13-17-36-18-14-22)15-3-4-16-33(27)28(29)21-34/h5-12,22,27-29,34H,3-4,13-21H2,1-2H3/t27-,28-,29-/m0/s1. The van der Waals surface area contributed by atoms with Crippen LogP contribution in [-0.4, -0.2) is 97.9 Å². The van der Waals surface area contributed by atoms with Crippen LogP contribution in [0.5, 0.6) is 0 Å². The van der Waals surface area contributed by atoms with Gasteiger partial charge in [0.1, 0.15) is 0 Å². The Labute approximate surface area is 215 Å². The molecule has 2 aromatic carbocycles. The predicted molar refractivity (Wildman–Crippen MR) is 143 cm³/mol. The van der Waals surface area contributed by atoms with Gasteiger partial charge in [-0.25, -0.2) is 0 Å². The van der Waals surface area contributed by atoms with Crippen LogP contribution >= 0.6 is 0 Å². The number of carbonyl (C=O) groups is 1. The van der Waals surface area contributed by atoms with Crippen molar-refractivity contribution in [2.75, 3.05) is 60.1 Å². The van der Waals surface area contributed by atoms with Gasteiger partial charge in [0.15, 0.2) is 0 Å². The van der Waals surface area contributed by atoms with Gasteiger partial charge in [0.25, 0.3) is 5.91 Å². The van der Waals surface area contributed by atoms with Crippen LogP contribution in [0.15, 0.2) is 48.5 Å². The van der Waals surface area contributed by atoms with Gasteiger partial charge in [-0.2, -0.15) is 0 Å². The molecule has 2 aromatic rings.